The first-order valence-electron chi connectivity index (χ1n) is 7.14. The molecule has 6 nitrogen and oxygen atoms in total. The van der Waals surface area contributed by atoms with E-state index in [2.05, 4.69) is 15.1 Å². The second-order valence-electron chi connectivity index (χ2n) is 5.49. The molecule has 23 heavy (non-hydrogen) atoms. The minimum Gasteiger partial charge on any atom is -0.334 e. The van der Waals surface area contributed by atoms with Crippen LogP contribution in [0.25, 0.3) is 5.65 Å². The lowest BCUT2D eigenvalue weighted by Crippen LogP contribution is -2.27. The molecule has 3 aromatic rings. The molecule has 3 rings (SSSR count). The summed E-state index contributed by atoms with van der Waals surface area (Å²) in [5.41, 5.74) is 3.49. The number of hydrogen-bond acceptors (Lipinski definition) is 4. The molecule has 1 amide bonds. The van der Waals surface area contributed by atoms with Gasteiger partial charge in [0.2, 0.25) is 0 Å². The predicted molar refractivity (Wildman–Crippen MR) is 87.5 cm³/mol. The highest BCUT2D eigenvalue weighted by Gasteiger charge is 2.22. The molecule has 0 saturated carbocycles. The van der Waals surface area contributed by atoms with Gasteiger partial charge in [-0.05, 0) is 31.0 Å². The van der Waals surface area contributed by atoms with Crippen molar-refractivity contribution in [1.82, 2.24) is 24.5 Å². The number of aromatic nitrogens is 4. The first kappa shape index (κ1) is 15.4. The van der Waals surface area contributed by atoms with E-state index in [9.17, 15) is 4.79 Å². The van der Waals surface area contributed by atoms with E-state index in [0.717, 1.165) is 16.8 Å². The van der Waals surface area contributed by atoms with E-state index in [-0.39, 0.29) is 16.6 Å². The Balaban J connectivity index is 1.91. The quantitative estimate of drug-likeness (QED) is 0.741. The number of aryl methyl sites for hydroxylation is 2. The summed E-state index contributed by atoms with van der Waals surface area (Å²) < 4.78 is 1.53. The molecule has 118 valence electrons. The molecule has 0 atom stereocenters. The van der Waals surface area contributed by atoms with Crippen molar-refractivity contribution in [2.45, 2.75) is 20.4 Å². The Kier molecular flexibility index (Phi) is 4.00. The highest BCUT2D eigenvalue weighted by Crippen LogP contribution is 2.22. The standard InChI is InChI=1S/C16H16ClN5O/c1-10-7-19-15-13(17)14(20-22(15)8-10)16(23)21(3)9-12-11(2)5-4-6-18-12/h4-8H,9H2,1-3H3. The van der Waals surface area contributed by atoms with Gasteiger partial charge in [0, 0.05) is 25.6 Å². The molecule has 0 radical (unpaired) electrons. The maximum Gasteiger partial charge on any atom is 0.276 e. The van der Waals surface area contributed by atoms with Crippen molar-refractivity contribution in [3.8, 4) is 0 Å². The summed E-state index contributed by atoms with van der Waals surface area (Å²) in [6, 6.07) is 3.83. The second-order valence-corrected chi connectivity index (χ2v) is 5.87. The predicted octanol–water partition coefficient (Wildman–Crippen LogP) is 2.67. The van der Waals surface area contributed by atoms with Gasteiger partial charge in [-0.1, -0.05) is 17.7 Å². The Morgan fingerprint density at radius 2 is 2.13 bits per heavy atom. The summed E-state index contributed by atoms with van der Waals surface area (Å²) in [5, 5.41) is 4.53. The van der Waals surface area contributed by atoms with Gasteiger partial charge in [-0.15, -0.1) is 0 Å². The fourth-order valence-electron chi connectivity index (χ4n) is 2.30. The normalized spacial score (nSPS) is 11.0. The van der Waals surface area contributed by atoms with Gasteiger partial charge in [0.25, 0.3) is 5.91 Å². The third kappa shape index (κ3) is 2.90. The van der Waals surface area contributed by atoms with Crippen molar-refractivity contribution in [1.29, 1.82) is 0 Å². The summed E-state index contributed by atoms with van der Waals surface area (Å²) in [4.78, 5) is 22.7. The molecule has 0 spiro atoms. The van der Waals surface area contributed by atoms with Crippen LogP contribution in [-0.2, 0) is 6.54 Å². The van der Waals surface area contributed by atoms with E-state index in [1.54, 1.807) is 30.5 Å². The van der Waals surface area contributed by atoms with Crippen LogP contribution in [0.5, 0.6) is 0 Å². The Hall–Kier alpha value is -2.47. The number of carbonyl (C=O) groups is 1. The molecule has 0 N–H and O–H groups in total. The average molecular weight is 330 g/mol. The highest BCUT2D eigenvalue weighted by atomic mass is 35.5. The van der Waals surface area contributed by atoms with Gasteiger partial charge in [-0.3, -0.25) is 9.78 Å². The van der Waals surface area contributed by atoms with Crippen molar-refractivity contribution < 1.29 is 4.79 Å². The lowest BCUT2D eigenvalue weighted by Gasteiger charge is -2.16. The number of rotatable bonds is 3. The molecule has 0 bridgehead atoms. The molecule has 7 heteroatoms. The molecule has 0 aromatic carbocycles. The molecular formula is C16H16ClN5O. The van der Waals surface area contributed by atoms with Gasteiger partial charge in [0.15, 0.2) is 11.3 Å². The maximum atomic E-state index is 12.6. The minimum atomic E-state index is -0.261. The molecule has 0 saturated heterocycles. The van der Waals surface area contributed by atoms with Crippen LogP contribution in [0.4, 0.5) is 0 Å². The Labute approximate surface area is 138 Å². The topological polar surface area (TPSA) is 63.4 Å². The molecule has 0 unspecified atom stereocenters. The first-order valence-corrected chi connectivity index (χ1v) is 7.51. The van der Waals surface area contributed by atoms with Crippen molar-refractivity contribution in [2.24, 2.45) is 0 Å². The number of amides is 1. The summed E-state index contributed by atoms with van der Waals surface area (Å²) in [6.07, 6.45) is 5.19. The maximum absolute atomic E-state index is 12.6. The van der Waals surface area contributed by atoms with Gasteiger partial charge in [0.1, 0.15) is 5.02 Å². The Bertz CT molecular complexity index is 889. The van der Waals surface area contributed by atoms with Crippen LogP contribution in [0.1, 0.15) is 27.3 Å². The fraction of sp³-hybridized carbons (Fsp3) is 0.250. The van der Waals surface area contributed by atoms with E-state index in [1.807, 2.05) is 26.0 Å². The van der Waals surface area contributed by atoms with Crippen LogP contribution in [0.2, 0.25) is 5.02 Å². The van der Waals surface area contributed by atoms with Crippen LogP contribution >= 0.6 is 11.6 Å². The van der Waals surface area contributed by atoms with Crippen molar-refractivity contribution in [3.05, 3.63) is 58.3 Å². The summed E-state index contributed by atoms with van der Waals surface area (Å²) in [5.74, 6) is -0.261. The van der Waals surface area contributed by atoms with Gasteiger partial charge in [0.05, 0.1) is 12.2 Å². The fourth-order valence-corrected chi connectivity index (χ4v) is 2.55. The Morgan fingerprint density at radius 1 is 1.35 bits per heavy atom. The number of pyridine rings is 1. The smallest absolute Gasteiger partial charge is 0.276 e. The van der Waals surface area contributed by atoms with Crippen molar-refractivity contribution in [3.63, 3.8) is 0 Å². The second kappa shape index (κ2) is 5.96. The van der Waals surface area contributed by atoms with Crippen molar-refractivity contribution in [2.75, 3.05) is 7.05 Å². The summed E-state index contributed by atoms with van der Waals surface area (Å²) >= 11 is 6.27. The zero-order valence-corrected chi connectivity index (χ0v) is 13.9. The van der Waals surface area contributed by atoms with Crippen LogP contribution in [0.3, 0.4) is 0 Å². The minimum absolute atomic E-state index is 0.195. The van der Waals surface area contributed by atoms with Gasteiger partial charge >= 0.3 is 0 Å². The van der Waals surface area contributed by atoms with E-state index in [4.69, 9.17) is 11.6 Å². The van der Waals surface area contributed by atoms with Crippen LogP contribution in [0.15, 0.2) is 30.7 Å². The molecule has 0 aliphatic carbocycles. The number of hydrogen-bond donors (Lipinski definition) is 0. The molecule has 3 aromatic heterocycles. The van der Waals surface area contributed by atoms with Gasteiger partial charge in [-0.25, -0.2) is 9.50 Å². The zero-order chi connectivity index (χ0) is 16.6. The lowest BCUT2D eigenvalue weighted by atomic mass is 10.2. The van der Waals surface area contributed by atoms with Crippen molar-refractivity contribution >= 4 is 23.2 Å². The van der Waals surface area contributed by atoms with Crippen LogP contribution in [-0.4, -0.2) is 37.4 Å². The number of carbonyl (C=O) groups excluding carboxylic acids is 1. The monoisotopic (exact) mass is 329 g/mol. The lowest BCUT2D eigenvalue weighted by molar-refractivity contribution is 0.0777. The molecule has 0 aliphatic rings. The SMILES string of the molecule is Cc1cnc2c(Cl)c(C(=O)N(C)Cc3ncccc3C)nn2c1. The molecule has 0 fully saturated rings. The average Bonchev–Trinajstić information content (AvgIpc) is 2.85. The summed E-state index contributed by atoms with van der Waals surface area (Å²) in [6.45, 7) is 4.26. The van der Waals surface area contributed by atoms with Gasteiger partial charge in [-0.2, -0.15) is 5.10 Å². The number of fused-ring (bicyclic) bond motifs is 1. The molecule has 0 aliphatic heterocycles. The highest BCUT2D eigenvalue weighted by molar-refractivity contribution is 6.36. The summed E-state index contributed by atoms with van der Waals surface area (Å²) in [7, 11) is 1.70. The number of nitrogens with zero attached hydrogens (tertiary/aromatic N) is 5. The van der Waals surface area contributed by atoms with E-state index < -0.39 is 0 Å². The van der Waals surface area contributed by atoms with Crippen LogP contribution < -0.4 is 0 Å². The molecular weight excluding hydrogens is 314 g/mol. The Morgan fingerprint density at radius 3 is 2.87 bits per heavy atom. The third-order valence-electron chi connectivity index (χ3n) is 3.60. The van der Waals surface area contributed by atoms with Gasteiger partial charge < -0.3 is 4.90 Å². The zero-order valence-electron chi connectivity index (χ0n) is 13.1. The van der Waals surface area contributed by atoms with E-state index in [1.165, 1.54) is 4.52 Å². The van der Waals surface area contributed by atoms with E-state index >= 15 is 0 Å². The van der Waals surface area contributed by atoms with Crippen LogP contribution in [0, 0.1) is 13.8 Å². The largest absolute Gasteiger partial charge is 0.334 e. The van der Waals surface area contributed by atoms with E-state index in [0.29, 0.717) is 12.2 Å². The third-order valence-corrected chi connectivity index (χ3v) is 3.95. The number of halogens is 1. The molecule has 3 heterocycles. The first-order chi connectivity index (χ1) is 11.0.